The molecule has 3 rings (SSSR count). The van der Waals surface area contributed by atoms with E-state index in [1.165, 1.54) is 12.8 Å². The third-order valence-electron chi connectivity index (χ3n) is 4.21. The molecule has 0 radical (unpaired) electrons. The number of hydrogen-bond acceptors (Lipinski definition) is 2. The summed E-state index contributed by atoms with van der Waals surface area (Å²) in [6.07, 6.45) is 4.35. The van der Waals surface area contributed by atoms with Crippen molar-refractivity contribution in [3.8, 4) is 0 Å². The fraction of sp³-hybridized carbons (Fsp3) is 0.500. The predicted molar refractivity (Wildman–Crippen MR) is 81.2 cm³/mol. The average molecular weight is 286 g/mol. The van der Waals surface area contributed by atoms with E-state index in [0.29, 0.717) is 12.6 Å². The van der Waals surface area contributed by atoms with Gasteiger partial charge in [0.1, 0.15) is 5.69 Å². The summed E-state index contributed by atoms with van der Waals surface area (Å²) >= 11 is 0. The smallest absolute Gasteiger partial charge is 0.268 e. The molecule has 5 heteroatoms. The molecule has 0 saturated heterocycles. The van der Waals surface area contributed by atoms with Crippen molar-refractivity contribution in [3.05, 3.63) is 41.0 Å². The van der Waals surface area contributed by atoms with Gasteiger partial charge >= 0.3 is 0 Å². The lowest BCUT2D eigenvalue weighted by atomic mass is 10.2. The number of amides is 1. The largest absolute Gasteiger partial charge is 0.347 e. The van der Waals surface area contributed by atoms with Crippen molar-refractivity contribution in [2.24, 2.45) is 0 Å². The highest BCUT2D eigenvalue weighted by Gasteiger charge is 2.26. The third-order valence-corrected chi connectivity index (χ3v) is 4.21. The van der Waals surface area contributed by atoms with E-state index < -0.39 is 0 Å². The average Bonchev–Trinajstić information content (AvgIpc) is 3.13. The lowest BCUT2D eigenvalue weighted by Gasteiger charge is -2.09. The van der Waals surface area contributed by atoms with Crippen LogP contribution in [0.4, 0.5) is 0 Å². The number of aromatic nitrogens is 3. The van der Waals surface area contributed by atoms with E-state index in [2.05, 4.69) is 28.8 Å². The second-order valence-electron chi connectivity index (χ2n) is 5.68. The van der Waals surface area contributed by atoms with Crippen molar-refractivity contribution >= 4 is 5.91 Å². The van der Waals surface area contributed by atoms with E-state index in [9.17, 15) is 4.79 Å². The van der Waals surface area contributed by atoms with Crippen molar-refractivity contribution in [3.63, 3.8) is 0 Å². The van der Waals surface area contributed by atoms with Gasteiger partial charge in [0.15, 0.2) is 0 Å². The molecule has 5 nitrogen and oxygen atoms in total. The molecule has 0 bridgehead atoms. The molecule has 0 unspecified atom stereocenters. The Morgan fingerprint density at radius 3 is 2.81 bits per heavy atom. The monoisotopic (exact) mass is 286 g/mol. The molecule has 1 saturated carbocycles. The van der Waals surface area contributed by atoms with E-state index in [4.69, 9.17) is 0 Å². The molecule has 0 aliphatic heterocycles. The highest BCUT2D eigenvalue weighted by molar-refractivity contribution is 5.92. The molecule has 1 N–H and O–H groups in total. The predicted octanol–water partition coefficient (Wildman–Crippen LogP) is 2.59. The second kappa shape index (κ2) is 5.39. The summed E-state index contributed by atoms with van der Waals surface area (Å²) in [4.78, 5) is 12.4. The van der Waals surface area contributed by atoms with Crippen LogP contribution in [0.25, 0.3) is 0 Å². The maximum absolute atomic E-state index is 12.4. The van der Waals surface area contributed by atoms with Gasteiger partial charge in [0, 0.05) is 36.6 Å². The Hall–Kier alpha value is -2.04. The zero-order valence-electron chi connectivity index (χ0n) is 12.9. The van der Waals surface area contributed by atoms with Crippen LogP contribution in [0.1, 0.15) is 53.2 Å². The first-order valence-electron chi connectivity index (χ1n) is 7.59. The molecule has 1 aliphatic rings. The second-order valence-corrected chi connectivity index (χ2v) is 5.68. The summed E-state index contributed by atoms with van der Waals surface area (Å²) in [7, 11) is 0. The van der Waals surface area contributed by atoms with Gasteiger partial charge in [0.2, 0.25) is 0 Å². The molecule has 0 atom stereocenters. The molecule has 0 spiro atoms. The molecular formula is C16H22N4O. The summed E-state index contributed by atoms with van der Waals surface area (Å²) < 4.78 is 4.06. The van der Waals surface area contributed by atoms with Gasteiger partial charge < -0.3 is 9.88 Å². The van der Waals surface area contributed by atoms with Crippen molar-refractivity contribution in [2.75, 3.05) is 0 Å². The van der Waals surface area contributed by atoms with E-state index in [1.54, 1.807) is 0 Å². The van der Waals surface area contributed by atoms with Gasteiger partial charge in [-0.2, -0.15) is 5.10 Å². The Bertz CT molecular complexity index is 664. The quantitative estimate of drug-likeness (QED) is 0.918. The zero-order chi connectivity index (χ0) is 15.0. The van der Waals surface area contributed by atoms with E-state index in [-0.39, 0.29) is 5.91 Å². The van der Waals surface area contributed by atoms with Crippen LogP contribution >= 0.6 is 0 Å². The number of carbonyl (C=O) groups is 1. The van der Waals surface area contributed by atoms with Crippen LogP contribution in [-0.2, 0) is 13.1 Å². The summed E-state index contributed by atoms with van der Waals surface area (Å²) in [5.74, 6) is -0.00468. The van der Waals surface area contributed by atoms with Gasteiger partial charge in [0.05, 0.1) is 5.69 Å². The Morgan fingerprint density at radius 1 is 1.43 bits per heavy atom. The van der Waals surface area contributed by atoms with Crippen LogP contribution in [0.3, 0.4) is 0 Å². The van der Waals surface area contributed by atoms with Gasteiger partial charge in [-0.3, -0.25) is 9.48 Å². The van der Waals surface area contributed by atoms with Gasteiger partial charge in [-0.25, -0.2) is 0 Å². The number of hydrogen-bond donors (Lipinski definition) is 1. The zero-order valence-corrected chi connectivity index (χ0v) is 12.9. The maximum Gasteiger partial charge on any atom is 0.268 e. The minimum Gasteiger partial charge on any atom is -0.347 e. The molecule has 2 aromatic rings. The van der Waals surface area contributed by atoms with Crippen LogP contribution in [-0.4, -0.2) is 20.3 Å². The molecule has 1 aliphatic carbocycles. The van der Waals surface area contributed by atoms with Crippen molar-refractivity contribution < 1.29 is 4.79 Å². The van der Waals surface area contributed by atoms with Crippen molar-refractivity contribution in [1.82, 2.24) is 19.7 Å². The van der Waals surface area contributed by atoms with Crippen LogP contribution in [0, 0.1) is 13.8 Å². The first-order valence-corrected chi connectivity index (χ1v) is 7.59. The third kappa shape index (κ3) is 2.60. The van der Waals surface area contributed by atoms with E-state index >= 15 is 0 Å². The van der Waals surface area contributed by atoms with Crippen molar-refractivity contribution in [2.45, 2.75) is 52.7 Å². The standard InChI is InChI=1S/C16H22N4O/c1-4-20-12(3)14(11(2)18-20)10-17-16(21)15-6-5-9-19(15)13-7-8-13/h5-6,9,13H,4,7-8,10H2,1-3H3,(H,17,21). The topological polar surface area (TPSA) is 51.9 Å². The number of nitrogens with one attached hydrogen (secondary N) is 1. The number of nitrogens with zero attached hydrogens (tertiary/aromatic N) is 3. The fourth-order valence-corrected chi connectivity index (χ4v) is 2.81. The molecule has 2 aromatic heterocycles. The summed E-state index contributed by atoms with van der Waals surface area (Å²) in [6, 6.07) is 4.36. The van der Waals surface area contributed by atoms with Crippen molar-refractivity contribution in [1.29, 1.82) is 0 Å². The lowest BCUT2D eigenvalue weighted by Crippen LogP contribution is -2.25. The molecule has 0 aromatic carbocycles. The maximum atomic E-state index is 12.4. The number of rotatable bonds is 5. The first kappa shape index (κ1) is 13.9. The fourth-order valence-electron chi connectivity index (χ4n) is 2.81. The Labute approximate surface area is 125 Å². The number of aryl methyl sites for hydroxylation is 2. The minimum absolute atomic E-state index is 0.00468. The van der Waals surface area contributed by atoms with E-state index in [1.807, 2.05) is 29.9 Å². The summed E-state index contributed by atoms with van der Waals surface area (Å²) in [5.41, 5.74) is 4.01. The molecule has 112 valence electrons. The highest BCUT2D eigenvalue weighted by atomic mass is 16.1. The molecular weight excluding hydrogens is 264 g/mol. The van der Waals surface area contributed by atoms with E-state index in [0.717, 1.165) is 29.2 Å². The molecule has 1 amide bonds. The van der Waals surface area contributed by atoms with Crippen LogP contribution in [0.15, 0.2) is 18.3 Å². The van der Waals surface area contributed by atoms with Crippen LogP contribution in [0.2, 0.25) is 0 Å². The molecule has 1 fully saturated rings. The van der Waals surface area contributed by atoms with Crippen LogP contribution in [0.5, 0.6) is 0 Å². The normalized spacial score (nSPS) is 14.4. The van der Waals surface area contributed by atoms with Gasteiger partial charge in [-0.1, -0.05) is 0 Å². The van der Waals surface area contributed by atoms with Gasteiger partial charge in [-0.15, -0.1) is 0 Å². The summed E-state index contributed by atoms with van der Waals surface area (Å²) in [5, 5.41) is 7.52. The first-order chi connectivity index (χ1) is 10.1. The van der Waals surface area contributed by atoms with Crippen LogP contribution < -0.4 is 5.32 Å². The van der Waals surface area contributed by atoms with Gasteiger partial charge in [-0.05, 0) is 45.7 Å². The highest BCUT2D eigenvalue weighted by Crippen LogP contribution is 2.35. The lowest BCUT2D eigenvalue weighted by molar-refractivity contribution is 0.0941. The Kier molecular flexibility index (Phi) is 3.57. The number of carbonyl (C=O) groups excluding carboxylic acids is 1. The summed E-state index contributed by atoms with van der Waals surface area (Å²) in [6.45, 7) is 7.51. The Morgan fingerprint density at radius 2 is 2.19 bits per heavy atom. The molecule has 2 heterocycles. The molecule has 21 heavy (non-hydrogen) atoms. The van der Waals surface area contributed by atoms with Gasteiger partial charge in [0.25, 0.3) is 5.91 Å². The minimum atomic E-state index is -0.00468. The Balaban J connectivity index is 1.71. The SMILES string of the molecule is CCn1nc(C)c(CNC(=O)c2cccn2C2CC2)c1C.